The minimum absolute atomic E-state index is 0.0622. The number of halogens is 1. The van der Waals surface area contributed by atoms with Gasteiger partial charge in [-0.3, -0.25) is 9.97 Å². The van der Waals surface area contributed by atoms with Crippen LogP contribution in [0.15, 0.2) is 66.1 Å². The van der Waals surface area contributed by atoms with Crippen molar-refractivity contribution in [1.82, 2.24) is 9.97 Å². The number of aromatic hydroxyl groups is 1. The van der Waals surface area contributed by atoms with Gasteiger partial charge in [-0.25, -0.2) is 4.79 Å². The number of ether oxygens (including phenoxy) is 1. The molecule has 1 unspecified atom stereocenters. The van der Waals surface area contributed by atoms with Crippen LogP contribution in [0.2, 0.25) is 5.02 Å². The number of carbonyl (C=O) groups excluding carboxylic acids is 1. The molecular weight excluding hydrogens is 402 g/mol. The summed E-state index contributed by atoms with van der Waals surface area (Å²) in [6, 6.07) is 12.5. The van der Waals surface area contributed by atoms with Crippen LogP contribution in [0, 0.1) is 0 Å². The van der Waals surface area contributed by atoms with E-state index in [4.69, 9.17) is 16.3 Å². The van der Waals surface area contributed by atoms with Gasteiger partial charge in [-0.15, -0.1) is 0 Å². The van der Waals surface area contributed by atoms with E-state index in [2.05, 4.69) is 15.3 Å². The van der Waals surface area contributed by atoms with E-state index in [0.717, 1.165) is 33.1 Å². The molecule has 30 heavy (non-hydrogen) atoms. The number of benzene rings is 2. The summed E-state index contributed by atoms with van der Waals surface area (Å²) >= 11 is 6.27. The van der Waals surface area contributed by atoms with Gasteiger partial charge in [0, 0.05) is 39.7 Å². The molecule has 0 saturated heterocycles. The number of hydrogen-bond acceptors (Lipinski definition) is 6. The van der Waals surface area contributed by atoms with E-state index < -0.39 is 11.9 Å². The molecule has 146 valence electrons. The molecular formula is C23H14ClN3O3. The molecule has 0 aliphatic carbocycles. The molecule has 4 aromatic rings. The molecule has 0 saturated carbocycles. The molecule has 0 amide bonds. The second-order valence-corrected chi connectivity index (χ2v) is 7.75. The maximum atomic E-state index is 12.7. The van der Waals surface area contributed by atoms with Crippen LogP contribution in [0.25, 0.3) is 21.8 Å². The number of phenols is 1. The Balaban J connectivity index is 1.80. The van der Waals surface area contributed by atoms with Gasteiger partial charge in [0.05, 0.1) is 28.0 Å². The smallest absolute Gasteiger partial charge is 0.337 e. The first kappa shape index (κ1) is 17.2. The summed E-state index contributed by atoms with van der Waals surface area (Å²) in [5.74, 6) is -0.899. The van der Waals surface area contributed by atoms with Gasteiger partial charge in [0.15, 0.2) is 0 Å². The Morgan fingerprint density at radius 2 is 1.80 bits per heavy atom. The molecule has 2 aromatic heterocycles. The van der Waals surface area contributed by atoms with Crippen LogP contribution in [0.4, 0.5) is 5.69 Å². The molecule has 0 bridgehead atoms. The Morgan fingerprint density at radius 3 is 2.60 bits per heavy atom. The van der Waals surface area contributed by atoms with E-state index in [1.807, 2.05) is 24.3 Å². The van der Waals surface area contributed by atoms with Crippen LogP contribution < -0.4 is 5.32 Å². The van der Waals surface area contributed by atoms with Gasteiger partial charge in [-0.05, 0) is 42.0 Å². The number of hydrogen-bond donors (Lipinski definition) is 2. The molecule has 1 atom stereocenters. The zero-order valence-corrected chi connectivity index (χ0v) is 16.3. The van der Waals surface area contributed by atoms with Crippen molar-refractivity contribution in [3.05, 3.63) is 82.3 Å². The second kappa shape index (κ2) is 6.18. The Labute approximate surface area is 175 Å². The summed E-state index contributed by atoms with van der Waals surface area (Å²) < 4.78 is 5.36. The van der Waals surface area contributed by atoms with Gasteiger partial charge in [0.25, 0.3) is 0 Å². The Morgan fingerprint density at radius 1 is 1.07 bits per heavy atom. The molecule has 0 spiro atoms. The average molecular weight is 416 g/mol. The highest BCUT2D eigenvalue weighted by Crippen LogP contribution is 2.51. The average Bonchev–Trinajstić information content (AvgIpc) is 3.15. The molecule has 0 radical (unpaired) electrons. The predicted octanol–water partition coefficient (Wildman–Crippen LogP) is 4.51. The van der Waals surface area contributed by atoms with Crippen LogP contribution in [0.3, 0.4) is 0 Å². The molecule has 6 rings (SSSR count). The molecule has 4 heterocycles. The summed E-state index contributed by atoms with van der Waals surface area (Å²) in [4.78, 5) is 21.9. The van der Waals surface area contributed by atoms with Crippen LogP contribution in [0.5, 0.6) is 5.75 Å². The normalized spacial score (nSPS) is 17.6. The van der Waals surface area contributed by atoms with E-state index in [1.165, 1.54) is 0 Å². The lowest BCUT2D eigenvalue weighted by atomic mass is 9.78. The van der Waals surface area contributed by atoms with Crippen molar-refractivity contribution < 1.29 is 14.6 Å². The number of aromatic nitrogens is 2. The number of nitrogens with one attached hydrogen (secondary N) is 1. The van der Waals surface area contributed by atoms with Crippen LogP contribution in [-0.4, -0.2) is 27.7 Å². The zero-order valence-electron chi connectivity index (χ0n) is 15.5. The van der Waals surface area contributed by atoms with Crippen molar-refractivity contribution >= 4 is 45.1 Å². The maximum absolute atomic E-state index is 12.7. The first-order valence-electron chi connectivity index (χ1n) is 9.44. The number of phenolic OH excluding ortho intramolecular Hbond substituents is 1. The van der Waals surface area contributed by atoms with Gasteiger partial charge in [0.1, 0.15) is 12.4 Å². The summed E-state index contributed by atoms with van der Waals surface area (Å²) in [7, 11) is 0. The maximum Gasteiger partial charge on any atom is 0.337 e. The largest absolute Gasteiger partial charge is 0.508 e. The first-order chi connectivity index (χ1) is 14.6. The summed E-state index contributed by atoms with van der Waals surface area (Å²) in [6.45, 7) is 0.151. The third kappa shape index (κ3) is 2.28. The number of esters is 1. The Hall–Kier alpha value is -3.64. The lowest BCUT2D eigenvalue weighted by Gasteiger charge is -2.30. The first-order valence-corrected chi connectivity index (χ1v) is 9.82. The van der Waals surface area contributed by atoms with E-state index in [-0.39, 0.29) is 12.4 Å². The van der Waals surface area contributed by atoms with Crippen molar-refractivity contribution in [2.75, 3.05) is 11.9 Å². The zero-order chi connectivity index (χ0) is 20.4. The number of anilines is 1. The van der Waals surface area contributed by atoms with Crippen molar-refractivity contribution in [3.8, 4) is 5.75 Å². The van der Waals surface area contributed by atoms with Crippen molar-refractivity contribution in [3.63, 3.8) is 0 Å². The molecule has 6 nitrogen and oxygen atoms in total. The standard InChI is InChI=1S/C23H14ClN3O3/c24-11-5-6-16(28)14(9-11)17-18-12-3-1-7-25-21(12)22-13(4-2-8-26-22)20(18)27-15-10-30-23(29)19(15)17/h1-9,17,27-28H,10H2. The van der Waals surface area contributed by atoms with Crippen LogP contribution >= 0.6 is 11.6 Å². The van der Waals surface area contributed by atoms with E-state index in [9.17, 15) is 9.90 Å². The lowest BCUT2D eigenvalue weighted by molar-refractivity contribution is -0.136. The molecule has 2 aliphatic heterocycles. The van der Waals surface area contributed by atoms with Gasteiger partial charge in [0.2, 0.25) is 0 Å². The van der Waals surface area contributed by atoms with Crippen LogP contribution in [-0.2, 0) is 9.53 Å². The molecule has 2 aliphatic rings. The lowest BCUT2D eigenvalue weighted by Crippen LogP contribution is -2.21. The van der Waals surface area contributed by atoms with Gasteiger partial charge in [-0.2, -0.15) is 0 Å². The van der Waals surface area contributed by atoms with E-state index in [0.29, 0.717) is 21.9 Å². The molecule has 2 aromatic carbocycles. The van der Waals surface area contributed by atoms with E-state index in [1.54, 1.807) is 30.6 Å². The number of nitrogens with zero attached hydrogens (tertiary/aromatic N) is 2. The Kier molecular flexibility index (Phi) is 3.55. The highest BCUT2D eigenvalue weighted by molar-refractivity contribution is 6.30. The summed E-state index contributed by atoms with van der Waals surface area (Å²) in [5, 5.41) is 16.3. The number of pyridine rings is 2. The molecule has 0 fully saturated rings. The predicted molar refractivity (Wildman–Crippen MR) is 114 cm³/mol. The number of fused-ring (bicyclic) bond motifs is 6. The Bertz CT molecular complexity index is 1430. The number of rotatable bonds is 1. The summed E-state index contributed by atoms with van der Waals surface area (Å²) in [5.41, 5.74) is 4.89. The fraction of sp³-hybridized carbons (Fsp3) is 0.0870. The quantitative estimate of drug-likeness (QED) is 0.351. The minimum atomic E-state index is -0.554. The van der Waals surface area contributed by atoms with Crippen molar-refractivity contribution in [2.24, 2.45) is 0 Å². The van der Waals surface area contributed by atoms with Gasteiger partial charge < -0.3 is 15.2 Å². The number of carbonyl (C=O) groups is 1. The third-order valence-corrected chi connectivity index (χ3v) is 5.95. The minimum Gasteiger partial charge on any atom is -0.508 e. The highest BCUT2D eigenvalue weighted by Gasteiger charge is 2.41. The monoisotopic (exact) mass is 415 g/mol. The van der Waals surface area contributed by atoms with Crippen molar-refractivity contribution in [1.29, 1.82) is 0 Å². The van der Waals surface area contributed by atoms with Gasteiger partial charge >= 0.3 is 5.97 Å². The van der Waals surface area contributed by atoms with Crippen LogP contribution in [0.1, 0.15) is 17.0 Å². The topological polar surface area (TPSA) is 84.3 Å². The second-order valence-electron chi connectivity index (χ2n) is 7.32. The fourth-order valence-corrected chi connectivity index (χ4v) is 4.68. The molecule has 2 N–H and O–H groups in total. The molecule has 7 heteroatoms. The van der Waals surface area contributed by atoms with Gasteiger partial charge in [-0.1, -0.05) is 17.7 Å². The number of cyclic esters (lactones) is 1. The fourth-order valence-electron chi connectivity index (χ4n) is 4.50. The SMILES string of the molecule is O=C1OCC2=C1C(c1cc(Cl)ccc1O)c1c(c3cccnc3c3ncccc13)N2. The highest BCUT2D eigenvalue weighted by atomic mass is 35.5. The van der Waals surface area contributed by atoms with E-state index >= 15 is 0 Å². The summed E-state index contributed by atoms with van der Waals surface area (Å²) in [6.07, 6.45) is 3.46. The van der Waals surface area contributed by atoms with Crippen molar-refractivity contribution in [2.45, 2.75) is 5.92 Å². The third-order valence-electron chi connectivity index (χ3n) is 5.72.